The lowest BCUT2D eigenvalue weighted by Gasteiger charge is -2.44. The maximum atomic E-state index is 7.44. The molecule has 0 spiro atoms. The second-order valence-corrected chi connectivity index (χ2v) is 18.1. The first-order chi connectivity index (χ1) is 27.5. The van der Waals surface area contributed by atoms with E-state index < -0.39 is 0 Å². The van der Waals surface area contributed by atoms with Gasteiger partial charge in [-0.05, 0) is 128 Å². The van der Waals surface area contributed by atoms with Gasteiger partial charge in [-0.1, -0.05) is 96.1 Å². The summed E-state index contributed by atoms with van der Waals surface area (Å²) >= 11 is 0. The molecule has 57 heavy (non-hydrogen) atoms. The predicted octanol–water partition coefficient (Wildman–Crippen LogP) is 9.20. The highest BCUT2D eigenvalue weighted by Gasteiger charge is 2.49. The van der Waals surface area contributed by atoms with Crippen molar-refractivity contribution in [3.8, 4) is 34.5 Å². The monoisotopic (exact) mass is 738 g/mol. The number of benzene rings is 7. The van der Waals surface area contributed by atoms with E-state index >= 15 is 0 Å². The molecular weight excluding hydrogens is 698 g/mol. The van der Waals surface area contributed by atoms with Crippen LogP contribution in [-0.4, -0.2) is 13.4 Å². The van der Waals surface area contributed by atoms with Crippen LogP contribution in [0.5, 0.6) is 34.5 Å². The molecule has 0 radical (unpaired) electrons. The van der Waals surface area contributed by atoms with E-state index in [0.29, 0.717) is 0 Å². The van der Waals surface area contributed by atoms with E-state index in [-0.39, 0.29) is 24.3 Å². The van der Waals surface area contributed by atoms with E-state index in [4.69, 9.17) is 14.2 Å². The molecule has 5 aliphatic heterocycles. The third-order valence-corrected chi connectivity index (χ3v) is 12.6. The largest absolute Gasteiger partial charge is 0.458 e. The Balaban J connectivity index is 1.20. The second-order valence-electron chi connectivity index (χ2n) is 18.1. The van der Waals surface area contributed by atoms with Gasteiger partial charge in [-0.3, -0.25) is 0 Å². The molecule has 12 rings (SSSR count). The molecule has 0 aromatic heterocycles. The molecule has 7 aromatic carbocycles. The molecule has 0 fully saturated rings. The van der Waals surface area contributed by atoms with Crippen molar-refractivity contribution in [1.29, 1.82) is 0 Å². The molecule has 274 valence electrons. The molecule has 0 saturated carbocycles. The van der Waals surface area contributed by atoms with Gasteiger partial charge in [0, 0.05) is 40.2 Å². The lowest BCUT2D eigenvalue weighted by atomic mass is 9.30. The average molecular weight is 739 g/mol. The summed E-state index contributed by atoms with van der Waals surface area (Å²) < 4.78 is 21.7. The SMILES string of the molecule is CC(C)(C)c1cc2c3c(c1)N(c1ccccc1)c1cccc4c1B3c1cc3c(cc1O2)Oc1cc(C(C)(C)C)cc2c1B3c1c(cccc1N2c1ccccc1)O4. The van der Waals surface area contributed by atoms with E-state index in [0.717, 1.165) is 101 Å². The minimum Gasteiger partial charge on any atom is -0.458 e. The standard InChI is InChI=1S/C50H40B2N2O3/c1-49(2,3)29-23-37-47-43(25-29)56-41-28-42-34-27-33(41)51(47)45-35(53(37)31-15-9-7-10-16-31)19-13-21-39(45)55-40-22-14-20-36-46(40)52(34)48-38(54(36)32-17-11-8-12-18-32)24-30(50(4,5)6)26-44(48)57-42/h7-28H,1-6H3. The van der Waals surface area contributed by atoms with Crippen molar-refractivity contribution in [3.05, 3.63) is 145 Å². The van der Waals surface area contributed by atoms with E-state index in [2.05, 4.69) is 185 Å². The molecule has 7 aromatic rings. The average Bonchev–Trinajstić information content (AvgIpc) is 3.19. The molecule has 5 heterocycles. The highest BCUT2D eigenvalue weighted by Crippen LogP contribution is 2.48. The third-order valence-electron chi connectivity index (χ3n) is 12.6. The van der Waals surface area contributed by atoms with Crippen molar-refractivity contribution in [3.63, 3.8) is 0 Å². The third kappa shape index (κ3) is 4.54. The van der Waals surface area contributed by atoms with Gasteiger partial charge in [0.1, 0.15) is 34.5 Å². The molecule has 5 nitrogen and oxygen atoms in total. The number of hydrogen-bond acceptors (Lipinski definition) is 5. The second kappa shape index (κ2) is 11.2. The van der Waals surface area contributed by atoms with Gasteiger partial charge in [-0.25, -0.2) is 0 Å². The van der Waals surface area contributed by atoms with E-state index in [1.807, 2.05) is 0 Å². The number of nitrogens with zero attached hydrogens (tertiary/aromatic N) is 2. The topological polar surface area (TPSA) is 34.2 Å². The highest BCUT2D eigenvalue weighted by atomic mass is 16.5. The van der Waals surface area contributed by atoms with Crippen molar-refractivity contribution >= 4 is 80.3 Å². The van der Waals surface area contributed by atoms with Crippen LogP contribution in [0, 0.1) is 0 Å². The number of rotatable bonds is 2. The van der Waals surface area contributed by atoms with Crippen LogP contribution in [0.25, 0.3) is 0 Å². The minimum absolute atomic E-state index is 0.111. The number of anilines is 6. The summed E-state index contributed by atoms with van der Waals surface area (Å²) in [6.07, 6.45) is 0. The molecule has 2 bridgehead atoms. The van der Waals surface area contributed by atoms with Crippen LogP contribution < -0.4 is 56.8 Å². The van der Waals surface area contributed by atoms with Crippen LogP contribution in [-0.2, 0) is 10.8 Å². The lowest BCUT2D eigenvalue weighted by Crippen LogP contribution is -2.64. The summed E-state index contributed by atoms with van der Waals surface area (Å²) in [5.74, 6) is 5.08. The summed E-state index contributed by atoms with van der Waals surface area (Å²) in [5.41, 5.74) is 15.7. The van der Waals surface area contributed by atoms with Gasteiger partial charge in [0.2, 0.25) is 0 Å². The fourth-order valence-corrected chi connectivity index (χ4v) is 9.88. The first-order valence-electron chi connectivity index (χ1n) is 20.1. The fraction of sp³-hybridized carbons (Fsp3) is 0.160. The van der Waals surface area contributed by atoms with E-state index in [9.17, 15) is 0 Å². The van der Waals surface area contributed by atoms with Crippen LogP contribution in [0.1, 0.15) is 52.7 Å². The summed E-state index contributed by atoms with van der Waals surface area (Å²) in [5, 5.41) is 0. The molecular formula is C50H40B2N2O3. The van der Waals surface area contributed by atoms with Crippen LogP contribution in [0.15, 0.2) is 133 Å². The van der Waals surface area contributed by atoms with Gasteiger partial charge in [-0.2, -0.15) is 0 Å². The normalized spacial score (nSPS) is 14.8. The molecule has 0 aliphatic carbocycles. The Kier molecular flexibility index (Phi) is 6.44. The smallest absolute Gasteiger partial charge is 0.261 e. The Bertz CT molecular complexity index is 2690. The van der Waals surface area contributed by atoms with Gasteiger partial charge in [0.05, 0.1) is 0 Å². The predicted molar refractivity (Wildman–Crippen MR) is 236 cm³/mol. The molecule has 0 N–H and O–H groups in total. The van der Waals surface area contributed by atoms with Crippen molar-refractivity contribution in [1.82, 2.24) is 0 Å². The molecule has 0 amide bonds. The Morgan fingerprint density at radius 3 is 1.19 bits per heavy atom. The Morgan fingerprint density at radius 1 is 0.368 bits per heavy atom. The van der Waals surface area contributed by atoms with Crippen molar-refractivity contribution in [2.75, 3.05) is 9.80 Å². The van der Waals surface area contributed by atoms with Crippen LogP contribution in [0.4, 0.5) is 34.1 Å². The van der Waals surface area contributed by atoms with Crippen LogP contribution in [0.2, 0.25) is 0 Å². The van der Waals surface area contributed by atoms with Crippen molar-refractivity contribution in [2.45, 2.75) is 52.4 Å². The number of ether oxygens (including phenoxy) is 3. The zero-order chi connectivity index (χ0) is 38.5. The first-order valence-corrected chi connectivity index (χ1v) is 20.1. The fourth-order valence-electron chi connectivity index (χ4n) is 9.88. The quantitative estimate of drug-likeness (QED) is 0.165. The zero-order valence-corrected chi connectivity index (χ0v) is 33.0. The highest BCUT2D eigenvalue weighted by molar-refractivity contribution is 7.02. The Hall–Kier alpha value is -6.33. The molecule has 7 heteroatoms. The van der Waals surface area contributed by atoms with Crippen molar-refractivity contribution < 1.29 is 14.2 Å². The number of para-hydroxylation sites is 2. The number of hydrogen-bond donors (Lipinski definition) is 0. The van der Waals surface area contributed by atoms with Gasteiger partial charge in [0.25, 0.3) is 13.4 Å². The van der Waals surface area contributed by atoms with Crippen molar-refractivity contribution in [2.24, 2.45) is 0 Å². The van der Waals surface area contributed by atoms with Gasteiger partial charge in [-0.15, -0.1) is 0 Å². The van der Waals surface area contributed by atoms with E-state index in [1.165, 1.54) is 11.1 Å². The Labute approximate surface area is 334 Å². The zero-order valence-electron chi connectivity index (χ0n) is 33.0. The Morgan fingerprint density at radius 2 is 0.772 bits per heavy atom. The summed E-state index contributed by atoms with van der Waals surface area (Å²) in [6, 6.07) is 48.3. The molecule has 0 saturated heterocycles. The van der Waals surface area contributed by atoms with Gasteiger partial charge < -0.3 is 24.0 Å². The van der Waals surface area contributed by atoms with E-state index in [1.54, 1.807) is 0 Å². The first kappa shape index (κ1) is 32.9. The minimum atomic E-state index is -0.137. The maximum absolute atomic E-state index is 7.44. The maximum Gasteiger partial charge on any atom is 0.261 e. The lowest BCUT2D eigenvalue weighted by molar-refractivity contribution is 0.462. The summed E-state index contributed by atoms with van der Waals surface area (Å²) in [4.78, 5) is 4.81. The molecule has 0 atom stereocenters. The van der Waals surface area contributed by atoms with Crippen LogP contribution in [0.3, 0.4) is 0 Å². The summed E-state index contributed by atoms with van der Waals surface area (Å²) in [6.45, 7) is 13.4. The van der Waals surface area contributed by atoms with Crippen LogP contribution >= 0.6 is 0 Å². The summed E-state index contributed by atoms with van der Waals surface area (Å²) in [7, 11) is 0. The van der Waals surface area contributed by atoms with Gasteiger partial charge >= 0.3 is 0 Å². The van der Waals surface area contributed by atoms with Gasteiger partial charge in [0.15, 0.2) is 0 Å². The molecule has 0 unspecified atom stereocenters. The molecule has 5 aliphatic rings.